The minimum absolute atomic E-state index is 0.510. The molecule has 0 aromatic carbocycles. The van der Waals surface area contributed by atoms with E-state index in [0.717, 1.165) is 37.5 Å². The lowest BCUT2D eigenvalue weighted by atomic mass is 10.1. The average Bonchev–Trinajstić information content (AvgIpc) is 2.33. The van der Waals surface area contributed by atoms with E-state index in [4.69, 9.17) is 4.74 Å². The van der Waals surface area contributed by atoms with Gasteiger partial charge < -0.3 is 15.4 Å². The molecule has 1 aliphatic heterocycles. The van der Waals surface area contributed by atoms with E-state index in [2.05, 4.69) is 15.6 Å². The van der Waals surface area contributed by atoms with Crippen LogP contribution in [0.3, 0.4) is 0 Å². The van der Waals surface area contributed by atoms with Gasteiger partial charge in [0.15, 0.2) is 11.6 Å². The molecule has 0 aliphatic carbocycles. The predicted molar refractivity (Wildman–Crippen MR) is 64.9 cm³/mol. The van der Waals surface area contributed by atoms with E-state index in [1.165, 1.54) is 0 Å². The molecule has 1 aliphatic rings. The zero-order valence-electron chi connectivity index (χ0n) is 9.70. The van der Waals surface area contributed by atoms with Gasteiger partial charge in [-0.15, -0.1) is 0 Å². The first-order chi connectivity index (χ1) is 7.90. The lowest BCUT2D eigenvalue weighted by molar-refractivity contribution is 0.339. The minimum Gasteiger partial charge on any atom is -0.490 e. The van der Waals surface area contributed by atoms with E-state index in [1.807, 2.05) is 19.1 Å². The van der Waals surface area contributed by atoms with Crippen LogP contribution in [0.4, 0.5) is 5.82 Å². The summed E-state index contributed by atoms with van der Waals surface area (Å²) in [6.45, 7) is 4.82. The van der Waals surface area contributed by atoms with E-state index in [1.54, 1.807) is 6.20 Å². The number of nitrogens with one attached hydrogen (secondary N) is 2. The first kappa shape index (κ1) is 11.2. The summed E-state index contributed by atoms with van der Waals surface area (Å²) in [7, 11) is 0. The highest BCUT2D eigenvalue weighted by molar-refractivity contribution is 5.50. The van der Waals surface area contributed by atoms with Gasteiger partial charge in [-0.25, -0.2) is 4.98 Å². The normalized spacial score (nSPS) is 17.1. The number of pyridine rings is 1. The van der Waals surface area contributed by atoms with Gasteiger partial charge in [0.1, 0.15) is 0 Å². The van der Waals surface area contributed by atoms with E-state index >= 15 is 0 Å². The highest BCUT2D eigenvalue weighted by Gasteiger charge is 2.14. The molecule has 2 rings (SSSR count). The number of rotatable bonds is 4. The molecule has 0 saturated carbocycles. The lowest BCUT2D eigenvalue weighted by Gasteiger charge is -2.24. The molecule has 2 heterocycles. The molecule has 0 unspecified atom stereocenters. The molecule has 0 spiro atoms. The Bertz CT molecular complexity index is 324. The fraction of sp³-hybridized carbons (Fsp3) is 0.583. The van der Waals surface area contributed by atoms with Gasteiger partial charge in [-0.1, -0.05) is 0 Å². The molecule has 1 aromatic rings. The first-order valence-corrected chi connectivity index (χ1v) is 5.95. The molecule has 1 aromatic heterocycles. The second-order valence-corrected chi connectivity index (χ2v) is 3.95. The van der Waals surface area contributed by atoms with Crippen LogP contribution in [0.25, 0.3) is 0 Å². The zero-order chi connectivity index (χ0) is 11.2. The third-order valence-corrected chi connectivity index (χ3v) is 2.75. The third-order valence-electron chi connectivity index (χ3n) is 2.75. The second kappa shape index (κ2) is 5.70. The van der Waals surface area contributed by atoms with Crippen LogP contribution in [-0.4, -0.2) is 30.7 Å². The summed E-state index contributed by atoms with van der Waals surface area (Å²) in [6, 6.07) is 4.37. The lowest BCUT2D eigenvalue weighted by Crippen LogP contribution is -2.35. The molecule has 0 atom stereocenters. The standard InChI is InChI=1S/C12H19N3O/c1-2-16-11-4-3-7-14-12(11)15-10-5-8-13-9-6-10/h3-4,7,10,13H,2,5-6,8-9H2,1H3,(H,14,15). The van der Waals surface area contributed by atoms with Crippen molar-refractivity contribution in [3.05, 3.63) is 18.3 Å². The van der Waals surface area contributed by atoms with Gasteiger partial charge in [0.05, 0.1) is 6.61 Å². The summed E-state index contributed by atoms with van der Waals surface area (Å²) < 4.78 is 5.54. The number of piperidine rings is 1. The molecule has 16 heavy (non-hydrogen) atoms. The quantitative estimate of drug-likeness (QED) is 0.811. The van der Waals surface area contributed by atoms with Gasteiger partial charge in [-0.05, 0) is 45.0 Å². The maximum Gasteiger partial charge on any atom is 0.168 e. The Morgan fingerprint density at radius 3 is 3.06 bits per heavy atom. The molecule has 0 bridgehead atoms. The number of hydrogen-bond acceptors (Lipinski definition) is 4. The third kappa shape index (κ3) is 2.85. The summed E-state index contributed by atoms with van der Waals surface area (Å²) in [5.41, 5.74) is 0. The van der Waals surface area contributed by atoms with E-state index < -0.39 is 0 Å². The number of aromatic nitrogens is 1. The van der Waals surface area contributed by atoms with Gasteiger partial charge in [0.2, 0.25) is 0 Å². The summed E-state index contributed by atoms with van der Waals surface area (Å²) in [6.07, 6.45) is 4.08. The van der Waals surface area contributed by atoms with Crippen LogP contribution in [0.2, 0.25) is 0 Å². The largest absolute Gasteiger partial charge is 0.490 e. The van der Waals surface area contributed by atoms with Crippen molar-refractivity contribution in [2.45, 2.75) is 25.8 Å². The van der Waals surface area contributed by atoms with Crippen LogP contribution >= 0.6 is 0 Å². The van der Waals surface area contributed by atoms with Crippen LogP contribution in [0.15, 0.2) is 18.3 Å². The zero-order valence-corrected chi connectivity index (χ0v) is 9.70. The van der Waals surface area contributed by atoms with Gasteiger partial charge in [0.25, 0.3) is 0 Å². The first-order valence-electron chi connectivity index (χ1n) is 5.95. The molecule has 4 heteroatoms. The highest BCUT2D eigenvalue weighted by atomic mass is 16.5. The van der Waals surface area contributed by atoms with Gasteiger partial charge >= 0.3 is 0 Å². The van der Waals surface area contributed by atoms with Gasteiger partial charge in [-0.3, -0.25) is 0 Å². The number of hydrogen-bond donors (Lipinski definition) is 2. The van der Waals surface area contributed by atoms with E-state index in [0.29, 0.717) is 12.6 Å². The van der Waals surface area contributed by atoms with E-state index in [9.17, 15) is 0 Å². The maximum absolute atomic E-state index is 5.54. The Morgan fingerprint density at radius 1 is 1.50 bits per heavy atom. The molecular formula is C12H19N3O. The Labute approximate surface area is 96.4 Å². The van der Waals surface area contributed by atoms with Gasteiger partial charge in [-0.2, -0.15) is 0 Å². The smallest absolute Gasteiger partial charge is 0.168 e. The Morgan fingerprint density at radius 2 is 2.31 bits per heavy atom. The molecular weight excluding hydrogens is 202 g/mol. The van der Waals surface area contributed by atoms with Crippen LogP contribution in [0.1, 0.15) is 19.8 Å². The van der Waals surface area contributed by atoms with Crippen molar-refractivity contribution < 1.29 is 4.74 Å². The van der Waals surface area contributed by atoms with Crippen molar-refractivity contribution in [2.24, 2.45) is 0 Å². The van der Waals surface area contributed by atoms with Crippen molar-refractivity contribution in [1.82, 2.24) is 10.3 Å². The minimum atomic E-state index is 0.510. The molecule has 1 saturated heterocycles. The Balaban J connectivity index is 2.01. The SMILES string of the molecule is CCOc1cccnc1NC1CCNCC1. The van der Waals surface area contributed by atoms with Crippen LogP contribution < -0.4 is 15.4 Å². The van der Waals surface area contributed by atoms with Crippen molar-refractivity contribution >= 4 is 5.82 Å². The van der Waals surface area contributed by atoms with Crippen molar-refractivity contribution in [1.29, 1.82) is 0 Å². The maximum atomic E-state index is 5.54. The Hall–Kier alpha value is -1.29. The van der Waals surface area contributed by atoms with Gasteiger partial charge in [0, 0.05) is 12.2 Å². The fourth-order valence-corrected chi connectivity index (χ4v) is 1.93. The number of anilines is 1. The Kier molecular flexibility index (Phi) is 3.99. The molecule has 4 nitrogen and oxygen atoms in total. The van der Waals surface area contributed by atoms with Crippen LogP contribution in [-0.2, 0) is 0 Å². The fourth-order valence-electron chi connectivity index (χ4n) is 1.93. The van der Waals surface area contributed by atoms with Crippen molar-refractivity contribution in [2.75, 3.05) is 25.0 Å². The molecule has 1 fully saturated rings. The highest BCUT2D eigenvalue weighted by Crippen LogP contribution is 2.22. The van der Waals surface area contributed by atoms with Crippen molar-refractivity contribution in [3.63, 3.8) is 0 Å². The molecule has 88 valence electrons. The summed E-state index contributed by atoms with van der Waals surface area (Å²) in [5.74, 6) is 1.72. The average molecular weight is 221 g/mol. The molecule has 2 N–H and O–H groups in total. The number of ether oxygens (including phenoxy) is 1. The molecule has 0 radical (unpaired) electrons. The topological polar surface area (TPSA) is 46.2 Å². The van der Waals surface area contributed by atoms with Crippen molar-refractivity contribution in [3.8, 4) is 5.75 Å². The second-order valence-electron chi connectivity index (χ2n) is 3.95. The van der Waals surface area contributed by atoms with Crippen LogP contribution in [0, 0.1) is 0 Å². The predicted octanol–water partition coefficient (Wildman–Crippen LogP) is 1.64. The van der Waals surface area contributed by atoms with E-state index in [-0.39, 0.29) is 0 Å². The monoisotopic (exact) mass is 221 g/mol. The van der Waals surface area contributed by atoms with Crippen LogP contribution in [0.5, 0.6) is 5.75 Å². The number of nitrogens with zero attached hydrogens (tertiary/aromatic N) is 1. The molecule has 0 amide bonds. The summed E-state index contributed by atoms with van der Waals surface area (Å²) in [4.78, 5) is 4.33. The summed E-state index contributed by atoms with van der Waals surface area (Å²) >= 11 is 0. The summed E-state index contributed by atoms with van der Waals surface area (Å²) in [5, 5.41) is 6.81.